The Morgan fingerprint density at radius 1 is 1.61 bits per heavy atom. The Balaban J connectivity index is 1.79. The van der Waals surface area contributed by atoms with Crippen molar-refractivity contribution in [3.05, 3.63) is 16.6 Å². The number of thiazole rings is 1. The number of nitrogens with one attached hydrogen (secondary N) is 1. The van der Waals surface area contributed by atoms with Crippen LogP contribution in [0.25, 0.3) is 0 Å². The van der Waals surface area contributed by atoms with E-state index in [0.717, 1.165) is 12.1 Å². The van der Waals surface area contributed by atoms with Gasteiger partial charge < -0.3 is 15.3 Å². The molecule has 2 N–H and O–H groups in total. The molecular formula is C11H15N3O3S. The predicted molar refractivity (Wildman–Crippen MR) is 66.6 cm³/mol. The van der Waals surface area contributed by atoms with E-state index in [0.29, 0.717) is 25.9 Å². The molecule has 7 heteroatoms. The Hall–Kier alpha value is -1.63. The number of carbonyl (C=O) groups excluding carboxylic acids is 1. The van der Waals surface area contributed by atoms with Gasteiger partial charge in [-0.3, -0.25) is 0 Å². The molecule has 2 amide bonds. The molecule has 0 aliphatic carbocycles. The molecular weight excluding hydrogens is 254 g/mol. The van der Waals surface area contributed by atoms with Gasteiger partial charge >= 0.3 is 12.0 Å². The highest BCUT2D eigenvalue weighted by Gasteiger charge is 2.33. The molecule has 2 heterocycles. The molecule has 18 heavy (non-hydrogen) atoms. The Bertz CT molecular complexity index is 421. The van der Waals surface area contributed by atoms with Gasteiger partial charge in [-0.15, -0.1) is 11.3 Å². The lowest BCUT2D eigenvalue weighted by Crippen LogP contribution is -2.46. The lowest BCUT2D eigenvalue weighted by molar-refractivity contribution is -0.141. The molecule has 0 saturated carbocycles. The summed E-state index contributed by atoms with van der Waals surface area (Å²) in [7, 11) is 0. The first-order valence-corrected chi connectivity index (χ1v) is 6.77. The molecule has 0 aromatic carbocycles. The second kappa shape index (κ2) is 5.81. The standard InChI is InChI=1S/C11H15N3O3S/c15-10(16)9-2-1-5-14(9)11(17)12-4-3-8-6-18-7-13-8/h6-7,9H,1-5H2,(H,12,17)(H,15,16). The van der Waals surface area contributed by atoms with Crippen molar-refractivity contribution in [3.8, 4) is 0 Å². The van der Waals surface area contributed by atoms with Gasteiger partial charge in [0.15, 0.2) is 0 Å². The predicted octanol–water partition coefficient (Wildman–Crippen LogP) is 0.944. The van der Waals surface area contributed by atoms with Gasteiger partial charge in [-0.05, 0) is 12.8 Å². The van der Waals surface area contributed by atoms with E-state index in [1.165, 1.54) is 16.2 Å². The number of carboxylic acids is 1. The van der Waals surface area contributed by atoms with Crippen LogP contribution in [0.3, 0.4) is 0 Å². The Kier molecular flexibility index (Phi) is 4.14. The van der Waals surface area contributed by atoms with Crippen LogP contribution in [0.5, 0.6) is 0 Å². The maximum Gasteiger partial charge on any atom is 0.326 e. The van der Waals surface area contributed by atoms with E-state index in [1.54, 1.807) is 5.51 Å². The van der Waals surface area contributed by atoms with Gasteiger partial charge in [-0.25, -0.2) is 14.6 Å². The third kappa shape index (κ3) is 2.98. The first kappa shape index (κ1) is 12.8. The molecule has 0 spiro atoms. The molecule has 1 fully saturated rings. The fourth-order valence-electron chi connectivity index (χ4n) is 2.03. The minimum Gasteiger partial charge on any atom is -0.480 e. The van der Waals surface area contributed by atoms with Crippen LogP contribution in [0.4, 0.5) is 4.79 Å². The van der Waals surface area contributed by atoms with Crippen molar-refractivity contribution in [1.82, 2.24) is 15.2 Å². The van der Waals surface area contributed by atoms with E-state index in [9.17, 15) is 9.59 Å². The third-order valence-corrected chi connectivity index (χ3v) is 3.57. The lowest BCUT2D eigenvalue weighted by Gasteiger charge is -2.21. The molecule has 0 radical (unpaired) electrons. The highest BCUT2D eigenvalue weighted by atomic mass is 32.1. The van der Waals surface area contributed by atoms with Crippen molar-refractivity contribution in [3.63, 3.8) is 0 Å². The number of nitrogens with zero attached hydrogens (tertiary/aromatic N) is 2. The molecule has 6 nitrogen and oxygen atoms in total. The fraction of sp³-hybridized carbons (Fsp3) is 0.545. The van der Waals surface area contributed by atoms with Gasteiger partial charge in [0.25, 0.3) is 0 Å². The number of carbonyl (C=O) groups is 2. The Morgan fingerprint density at radius 3 is 3.11 bits per heavy atom. The third-order valence-electron chi connectivity index (χ3n) is 2.94. The van der Waals surface area contributed by atoms with E-state index in [1.807, 2.05) is 5.38 Å². The van der Waals surface area contributed by atoms with Gasteiger partial charge in [0.05, 0.1) is 11.2 Å². The molecule has 1 atom stereocenters. The summed E-state index contributed by atoms with van der Waals surface area (Å²) < 4.78 is 0. The lowest BCUT2D eigenvalue weighted by atomic mass is 10.2. The van der Waals surface area contributed by atoms with Gasteiger partial charge in [0.2, 0.25) is 0 Å². The zero-order valence-corrected chi connectivity index (χ0v) is 10.7. The summed E-state index contributed by atoms with van der Waals surface area (Å²) in [6.45, 7) is 0.991. The number of likely N-dealkylation sites (tertiary alicyclic amines) is 1. The van der Waals surface area contributed by atoms with Crippen LogP contribution < -0.4 is 5.32 Å². The highest BCUT2D eigenvalue weighted by molar-refractivity contribution is 7.07. The number of hydrogen-bond donors (Lipinski definition) is 2. The number of urea groups is 1. The molecule has 2 rings (SSSR count). The monoisotopic (exact) mass is 269 g/mol. The molecule has 1 aliphatic rings. The molecule has 1 saturated heterocycles. The average molecular weight is 269 g/mol. The topological polar surface area (TPSA) is 82.5 Å². The zero-order valence-electron chi connectivity index (χ0n) is 9.83. The number of hydrogen-bond acceptors (Lipinski definition) is 4. The van der Waals surface area contributed by atoms with Gasteiger partial charge in [0.1, 0.15) is 6.04 Å². The van der Waals surface area contributed by atoms with E-state index >= 15 is 0 Å². The zero-order chi connectivity index (χ0) is 13.0. The molecule has 98 valence electrons. The van der Waals surface area contributed by atoms with Crippen molar-refractivity contribution in [2.45, 2.75) is 25.3 Å². The highest BCUT2D eigenvalue weighted by Crippen LogP contribution is 2.17. The molecule has 1 aliphatic heterocycles. The van der Waals surface area contributed by atoms with Crippen molar-refractivity contribution < 1.29 is 14.7 Å². The summed E-state index contributed by atoms with van der Waals surface area (Å²) >= 11 is 1.52. The smallest absolute Gasteiger partial charge is 0.326 e. The average Bonchev–Trinajstić information content (AvgIpc) is 2.99. The number of amides is 2. The van der Waals surface area contributed by atoms with E-state index in [2.05, 4.69) is 10.3 Å². The summed E-state index contributed by atoms with van der Waals surface area (Å²) in [5.74, 6) is -0.929. The first-order valence-electron chi connectivity index (χ1n) is 5.83. The minimum absolute atomic E-state index is 0.296. The second-order valence-electron chi connectivity index (χ2n) is 4.15. The quantitative estimate of drug-likeness (QED) is 0.852. The largest absolute Gasteiger partial charge is 0.480 e. The van der Waals surface area contributed by atoms with E-state index in [4.69, 9.17) is 5.11 Å². The SMILES string of the molecule is O=C(O)C1CCCN1C(=O)NCCc1cscn1. The van der Waals surface area contributed by atoms with Crippen molar-refractivity contribution in [1.29, 1.82) is 0 Å². The summed E-state index contributed by atoms with van der Waals surface area (Å²) in [5, 5.41) is 13.6. The fourth-order valence-corrected chi connectivity index (χ4v) is 2.62. The van der Waals surface area contributed by atoms with Crippen molar-refractivity contribution in [2.75, 3.05) is 13.1 Å². The van der Waals surface area contributed by atoms with Crippen molar-refractivity contribution in [2.24, 2.45) is 0 Å². The Labute approximate surface area is 109 Å². The van der Waals surface area contributed by atoms with Gasteiger partial charge in [-0.2, -0.15) is 0 Å². The van der Waals surface area contributed by atoms with Crippen LogP contribution in [0.2, 0.25) is 0 Å². The maximum atomic E-state index is 11.8. The van der Waals surface area contributed by atoms with E-state index in [-0.39, 0.29) is 6.03 Å². The Morgan fingerprint density at radius 2 is 2.44 bits per heavy atom. The number of aliphatic carboxylic acids is 1. The van der Waals surface area contributed by atoms with Gasteiger partial charge in [0, 0.05) is 24.9 Å². The molecule has 1 aromatic heterocycles. The molecule has 0 bridgehead atoms. The van der Waals surface area contributed by atoms with Crippen molar-refractivity contribution >= 4 is 23.3 Å². The summed E-state index contributed by atoms with van der Waals surface area (Å²) in [6, 6.07) is -0.973. The van der Waals surface area contributed by atoms with Crippen LogP contribution in [-0.4, -0.2) is 46.1 Å². The normalized spacial score (nSPS) is 18.9. The minimum atomic E-state index is -0.929. The van der Waals surface area contributed by atoms with Crippen LogP contribution >= 0.6 is 11.3 Å². The van der Waals surface area contributed by atoms with Crippen LogP contribution in [0.15, 0.2) is 10.9 Å². The number of carboxylic acid groups (broad SMARTS) is 1. The molecule has 1 unspecified atom stereocenters. The van der Waals surface area contributed by atoms with E-state index < -0.39 is 12.0 Å². The number of aromatic nitrogens is 1. The summed E-state index contributed by atoms with van der Waals surface area (Å²) in [5.41, 5.74) is 2.69. The van der Waals surface area contributed by atoms with Gasteiger partial charge in [-0.1, -0.05) is 0 Å². The van der Waals surface area contributed by atoms with Crippen LogP contribution in [0, 0.1) is 0 Å². The maximum absolute atomic E-state index is 11.8. The second-order valence-corrected chi connectivity index (χ2v) is 4.87. The number of rotatable bonds is 4. The first-order chi connectivity index (χ1) is 8.68. The van der Waals surface area contributed by atoms with Crippen LogP contribution in [0.1, 0.15) is 18.5 Å². The summed E-state index contributed by atoms with van der Waals surface area (Å²) in [6.07, 6.45) is 1.95. The van der Waals surface area contributed by atoms with Crippen LogP contribution in [-0.2, 0) is 11.2 Å². The summed E-state index contributed by atoms with van der Waals surface area (Å²) in [4.78, 5) is 28.3. The molecule has 1 aromatic rings.